The minimum Gasteiger partial charge on any atom is -0.309 e. The van der Waals surface area contributed by atoms with Crippen LogP contribution in [0, 0.1) is 0 Å². The largest absolute Gasteiger partial charge is 0.309 e. The van der Waals surface area contributed by atoms with E-state index >= 15 is 0 Å². The van der Waals surface area contributed by atoms with Crippen molar-refractivity contribution in [2.75, 3.05) is 0 Å². The lowest BCUT2D eigenvalue weighted by Crippen LogP contribution is -2.02. The molecule has 0 bridgehead atoms. The second-order valence-electron chi connectivity index (χ2n) is 16.3. The maximum atomic E-state index is 2.51. The van der Waals surface area contributed by atoms with Gasteiger partial charge in [-0.15, -0.1) is 22.7 Å². The molecule has 0 radical (unpaired) electrons. The molecule has 0 unspecified atom stereocenters. The van der Waals surface area contributed by atoms with Crippen LogP contribution in [-0.4, -0.2) is 9.13 Å². The maximum absolute atomic E-state index is 2.51. The van der Waals surface area contributed by atoms with Crippen molar-refractivity contribution in [1.29, 1.82) is 0 Å². The third-order valence-corrected chi connectivity index (χ3v) is 15.4. The van der Waals surface area contributed by atoms with Gasteiger partial charge in [-0.1, -0.05) is 103 Å². The van der Waals surface area contributed by atoms with E-state index in [1.165, 1.54) is 124 Å². The first-order chi connectivity index (χ1) is 30.2. The van der Waals surface area contributed by atoms with E-state index in [-0.39, 0.29) is 0 Å². The van der Waals surface area contributed by atoms with Gasteiger partial charge in [0.05, 0.1) is 22.1 Å². The highest BCUT2D eigenvalue weighted by Gasteiger charge is 2.25. The van der Waals surface area contributed by atoms with Gasteiger partial charge in [-0.3, -0.25) is 0 Å². The monoisotopic (exact) mass is 814 g/mol. The second-order valence-corrected chi connectivity index (χ2v) is 18.4. The van der Waals surface area contributed by atoms with E-state index in [4.69, 9.17) is 0 Å². The van der Waals surface area contributed by atoms with Crippen LogP contribution in [0.2, 0.25) is 0 Å². The Bertz CT molecular complexity index is 3760. The molecule has 0 saturated carbocycles. The third kappa shape index (κ3) is 5.26. The zero-order valence-electron chi connectivity index (χ0n) is 33.5. The number of hydrogen-bond acceptors (Lipinski definition) is 2. The summed E-state index contributed by atoms with van der Waals surface area (Å²) in [6, 6.07) is 65.7. The summed E-state index contributed by atoms with van der Waals surface area (Å²) in [6.07, 6.45) is 6.57. The van der Waals surface area contributed by atoms with Crippen molar-refractivity contribution in [3.63, 3.8) is 0 Å². The van der Waals surface area contributed by atoms with E-state index in [0.717, 1.165) is 12.8 Å². The molecule has 0 atom stereocenters. The number of rotatable bonds is 5. The Morgan fingerprint density at radius 2 is 0.934 bits per heavy atom. The smallest absolute Gasteiger partial charge is 0.0544 e. The van der Waals surface area contributed by atoms with Crippen molar-refractivity contribution in [2.45, 2.75) is 19.8 Å². The number of para-hydroxylation sites is 2. The highest BCUT2D eigenvalue weighted by molar-refractivity contribution is 7.23. The number of fused-ring (bicyclic) bond motifs is 12. The summed E-state index contributed by atoms with van der Waals surface area (Å²) >= 11 is 3.84. The molecule has 0 aliphatic heterocycles. The number of benzene rings is 8. The Morgan fingerprint density at radius 3 is 1.57 bits per heavy atom. The summed E-state index contributed by atoms with van der Waals surface area (Å²) in [5.41, 5.74) is 16.6. The van der Waals surface area contributed by atoms with Gasteiger partial charge < -0.3 is 9.13 Å². The summed E-state index contributed by atoms with van der Waals surface area (Å²) in [4.78, 5) is 2.75. The van der Waals surface area contributed by atoms with Crippen LogP contribution in [0.3, 0.4) is 0 Å². The van der Waals surface area contributed by atoms with Gasteiger partial charge in [0.25, 0.3) is 0 Å². The lowest BCUT2D eigenvalue weighted by atomic mass is 9.88. The molecule has 1 aliphatic rings. The molecule has 4 heterocycles. The standard InChI is InChI=1S/C57H38N2S2/c1-2-13-43-41-18-9-11-20-54(41)60-56(43)38-25-29-51-48(32-38)46-30-35(23-27-50(46)58(51)39-14-5-3-6-15-39)36-24-28-52-47(31-36)49-34-45-37(33-53(49)59(52)40-16-7-4-8-17-40)22-26-44-42-19-10-12-21-55(42)61-57(44)45/h2-21,23-25,27-34H,22,26H2,1H3/b13-2-. The van der Waals surface area contributed by atoms with Crippen LogP contribution in [0.4, 0.5) is 0 Å². The molecule has 0 saturated heterocycles. The molecule has 13 rings (SSSR count). The van der Waals surface area contributed by atoms with Crippen molar-refractivity contribution in [3.05, 3.63) is 199 Å². The Balaban J connectivity index is 1.04. The summed E-state index contributed by atoms with van der Waals surface area (Å²) < 4.78 is 7.60. The van der Waals surface area contributed by atoms with Crippen molar-refractivity contribution in [1.82, 2.24) is 9.13 Å². The average molecular weight is 815 g/mol. The second kappa shape index (κ2) is 13.5. The first-order valence-electron chi connectivity index (χ1n) is 21.2. The van der Waals surface area contributed by atoms with E-state index in [0.29, 0.717) is 0 Å². The van der Waals surface area contributed by atoms with E-state index in [1.807, 2.05) is 22.7 Å². The topological polar surface area (TPSA) is 9.86 Å². The van der Waals surface area contributed by atoms with E-state index in [1.54, 1.807) is 0 Å². The van der Waals surface area contributed by atoms with Crippen LogP contribution in [0.5, 0.6) is 0 Å². The average Bonchev–Trinajstić information content (AvgIpc) is 4.06. The Hall–Kier alpha value is -6.98. The van der Waals surface area contributed by atoms with Crippen molar-refractivity contribution < 1.29 is 0 Å². The lowest BCUT2D eigenvalue weighted by molar-refractivity contribution is 0.958. The quantitative estimate of drug-likeness (QED) is 0.164. The summed E-state index contributed by atoms with van der Waals surface area (Å²) in [5.74, 6) is 0. The predicted octanol–water partition coefficient (Wildman–Crippen LogP) is 16.4. The molecule has 4 aromatic heterocycles. The summed E-state index contributed by atoms with van der Waals surface area (Å²) in [7, 11) is 0. The zero-order valence-corrected chi connectivity index (χ0v) is 35.2. The SMILES string of the molecule is C/C=C\c1c(-c2ccc3c(c2)c2cc(-c4ccc5c(c4)c4cc6c(cc4n5-c4ccccc4)CCc4c-6sc5ccccc45)ccc2n3-c2ccccc2)sc2ccccc12. The Morgan fingerprint density at radius 1 is 0.426 bits per heavy atom. The number of thiophene rings is 2. The van der Waals surface area contributed by atoms with Crippen LogP contribution in [0.1, 0.15) is 23.6 Å². The molecule has 0 N–H and O–H groups in total. The molecule has 2 nitrogen and oxygen atoms in total. The summed E-state index contributed by atoms with van der Waals surface area (Å²) in [5, 5.41) is 7.82. The highest BCUT2D eigenvalue weighted by atomic mass is 32.1. The van der Waals surface area contributed by atoms with Gasteiger partial charge in [-0.25, -0.2) is 0 Å². The maximum Gasteiger partial charge on any atom is 0.0544 e. The molecule has 0 fully saturated rings. The number of aromatic nitrogens is 2. The molecular weight excluding hydrogens is 777 g/mol. The predicted molar refractivity (Wildman–Crippen MR) is 264 cm³/mol. The molecular formula is C57H38N2S2. The molecule has 1 aliphatic carbocycles. The number of allylic oxidation sites excluding steroid dienone is 1. The fraction of sp³-hybridized carbons (Fsp3) is 0.0526. The van der Waals surface area contributed by atoms with Gasteiger partial charge in [0.15, 0.2) is 0 Å². The van der Waals surface area contributed by atoms with Gasteiger partial charge in [0.2, 0.25) is 0 Å². The first kappa shape index (κ1) is 34.8. The Kier molecular flexibility index (Phi) is 7.72. The minimum absolute atomic E-state index is 1.05. The van der Waals surface area contributed by atoms with Crippen molar-refractivity contribution >= 4 is 92.5 Å². The van der Waals surface area contributed by atoms with Gasteiger partial charge >= 0.3 is 0 Å². The molecule has 12 aromatic rings. The molecule has 0 amide bonds. The molecule has 8 aromatic carbocycles. The summed E-state index contributed by atoms with van der Waals surface area (Å²) in [6.45, 7) is 2.11. The van der Waals surface area contributed by atoms with Crippen LogP contribution >= 0.6 is 22.7 Å². The lowest BCUT2D eigenvalue weighted by Gasteiger charge is -2.18. The van der Waals surface area contributed by atoms with Crippen molar-refractivity contribution in [2.24, 2.45) is 0 Å². The fourth-order valence-corrected chi connectivity index (χ4v) is 12.7. The van der Waals surface area contributed by atoms with Gasteiger partial charge in [0, 0.05) is 63.0 Å². The van der Waals surface area contributed by atoms with Crippen LogP contribution in [-0.2, 0) is 12.8 Å². The normalized spacial score (nSPS) is 12.8. The van der Waals surface area contributed by atoms with E-state index in [2.05, 4.69) is 204 Å². The van der Waals surface area contributed by atoms with Gasteiger partial charge in [-0.05, 0) is 143 Å². The van der Waals surface area contributed by atoms with Crippen LogP contribution in [0.25, 0.3) is 113 Å². The number of hydrogen-bond donors (Lipinski definition) is 0. The van der Waals surface area contributed by atoms with E-state index in [9.17, 15) is 0 Å². The van der Waals surface area contributed by atoms with E-state index < -0.39 is 0 Å². The molecule has 61 heavy (non-hydrogen) atoms. The molecule has 288 valence electrons. The third-order valence-electron chi connectivity index (χ3n) is 12.9. The molecule has 4 heteroatoms. The highest BCUT2D eigenvalue weighted by Crippen LogP contribution is 2.48. The van der Waals surface area contributed by atoms with Crippen LogP contribution in [0.15, 0.2) is 182 Å². The van der Waals surface area contributed by atoms with Gasteiger partial charge in [-0.2, -0.15) is 0 Å². The Labute approximate surface area is 361 Å². The van der Waals surface area contributed by atoms with Crippen molar-refractivity contribution in [3.8, 4) is 43.4 Å². The number of nitrogens with zero attached hydrogens (tertiary/aromatic N) is 2. The first-order valence-corrected chi connectivity index (χ1v) is 22.8. The zero-order chi connectivity index (χ0) is 40.2. The number of aryl methyl sites for hydroxylation is 2. The van der Waals surface area contributed by atoms with Gasteiger partial charge in [0.1, 0.15) is 0 Å². The molecule has 0 spiro atoms. The fourth-order valence-electron chi connectivity index (χ4n) is 10.2. The minimum atomic E-state index is 1.05. The van der Waals surface area contributed by atoms with Crippen LogP contribution < -0.4 is 0 Å².